The first-order chi connectivity index (χ1) is 13.0. The molecule has 0 bridgehead atoms. The number of benzene rings is 1. The lowest BCUT2D eigenvalue weighted by Gasteiger charge is -2.15. The smallest absolute Gasteiger partial charge is 0.353 e. The topological polar surface area (TPSA) is 115 Å². The van der Waals surface area contributed by atoms with E-state index in [4.69, 9.17) is 4.74 Å². The van der Waals surface area contributed by atoms with Crippen molar-refractivity contribution >= 4 is 33.9 Å². The summed E-state index contributed by atoms with van der Waals surface area (Å²) in [5, 5.41) is 18.6. The van der Waals surface area contributed by atoms with Gasteiger partial charge in [0.2, 0.25) is 11.6 Å². The number of ether oxygens (including phenoxy) is 1. The summed E-state index contributed by atoms with van der Waals surface area (Å²) in [5.41, 5.74) is 2.14. The summed E-state index contributed by atoms with van der Waals surface area (Å²) in [6.07, 6.45) is 1.28. The van der Waals surface area contributed by atoms with E-state index in [0.29, 0.717) is 12.3 Å². The van der Waals surface area contributed by atoms with Crippen molar-refractivity contribution in [2.75, 3.05) is 24.4 Å². The highest BCUT2D eigenvalue weighted by molar-refractivity contribution is 5.94. The maximum absolute atomic E-state index is 11.7. The molecule has 27 heavy (non-hydrogen) atoms. The van der Waals surface area contributed by atoms with E-state index in [1.165, 1.54) is 6.33 Å². The zero-order valence-electron chi connectivity index (χ0n) is 15.3. The van der Waals surface area contributed by atoms with Crippen LogP contribution in [0, 0.1) is 17.0 Å². The van der Waals surface area contributed by atoms with Crippen LogP contribution in [0.2, 0.25) is 0 Å². The molecule has 0 aliphatic carbocycles. The monoisotopic (exact) mass is 368 g/mol. The van der Waals surface area contributed by atoms with E-state index in [1.54, 1.807) is 7.11 Å². The van der Waals surface area contributed by atoms with Crippen molar-refractivity contribution in [3.63, 3.8) is 0 Å². The molecule has 1 atom stereocenters. The molecule has 1 aromatic carbocycles. The zero-order chi connectivity index (χ0) is 19.4. The second kappa shape index (κ2) is 7.92. The molecule has 0 radical (unpaired) electrons. The van der Waals surface area contributed by atoms with Gasteiger partial charge in [0.05, 0.1) is 17.0 Å². The first-order valence-corrected chi connectivity index (χ1v) is 8.38. The Kier molecular flexibility index (Phi) is 5.41. The molecule has 2 N–H and O–H groups in total. The minimum atomic E-state index is -0.502. The van der Waals surface area contributed by atoms with Crippen molar-refractivity contribution in [1.82, 2.24) is 15.0 Å². The van der Waals surface area contributed by atoms with Crippen molar-refractivity contribution in [2.24, 2.45) is 0 Å². The Morgan fingerprint density at radius 1 is 1.22 bits per heavy atom. The fraction of sp³-hybridized carbons (Fsp3) is 0.278. The van der Waals surface area contributed by atoms with Gasteiger partial charge in [0.1, 0.15) is 6.33 Å². The number of aromatic nitrogens is 3. The van der Waals surface area contributed by atoms with Gasteiger partial charge < -0.3 is 15.4 Å². The van der Waals surface area contributed by atoms with Crippen LogP contribution >= 0.6 is 0 Å². The fourth-order valence-corrected chi connectivity index (χ4v) is 2.77. The van der Waals surface area contributed by atoms with E-state index in [9.17, 15) is 10.1 Å². The highest BCUT2D eigenvalue weighted by Gasteiger charge is 2.24. The van der Waals surface area contributed by atoms with Gasteiger partial charge in [-0.25, -0.2) is 9.97 Å². The van der Waals surface area contributed by atoms with E-state index in [0.717, 1.165) is 16.6 Å². The van der Waals surface area contributed by atoms with Gasteiger partial charge in [0.25, 0.3) is 0 Å². The van der Waals surface area contributed by atoms with Gasteiger partial charge in [-0.05, 0) is 38.1 Å². The lowest BCUT2D eigenvalue weighted by Crippen LogP contribution is -2.22. The fourth-order valence-electron chi connectivity index (χ4n) is 2.77. The highest BCUT2D eigenvalue weighted by atomic mass is 16.6. The molecular formula is C18H20N6O3. The van der Waals surface area contributed by atoms with Crippen molar-refractivity contribution in [3.05, 3.63) is 52.5 Å². The maximum atomic E-state index is 11.7. The molecule has 9 nitrogen and oxygen atoms in total. The Balaban J connectivity index is 2.01. The third-order valence-corrected chi connectivity index (χ3v) is 3.93. The molecule has 0 spiro atoms. The molecule has 140 valence electrons. The van der Waals surface area contributed by atoms with Gasteiger partial charge >= 0.3 is 5.69 Å². The van der Waals surface area contributed by atoms with E-state index in [1.807, 2.05) is 44.2 Å². The van der Waals surface area contributed by atoms with E-state index >= 15 is 0 Å². The number of nitrogens with zero attached hydrogens (tertiary/aromatic N) is 4. The number of fused-ring (bicyclic) bond motifs is 1. The number of rotatable bonds is 7. The normalized spacial score (nSPS) is 12.0. The summed E-state index contributed by atoms with van der Waals surface area (Å²) in [6.45, 7) is 4.15. The summed E-state index contributed by atoms with van der Waals surface area (Å²) >= 11 is 0. The van der Waals surface area contributed by atoms with Crippen LogP contribution in [0.4, 0.5) is 23.0 Å². The Morgan fingerprint density at radius 2 is 2.00 bits per heavy atom. The van der Waals surface area contributed by atoms with Crippen molar-refractivity contribution in [2.45, 2.75) is 19.9 Å². The summed E-state index contributed by atoms with van der Waals surface area (Å²) in [5.74, 6) is 0.242. The van der Waals surface area contributed by atoms with Gasteiger partial charge in [0, 0.05) is 29.9 Å². The SMILES string of the molecule is COCC(C)Nc1ncnc(Nc2cccc3nc(C)ccc23)c1[N+](=O)[O-]. The Bertz CT molecular complexity index is 978. The number of pyridine rings is 1. The van der Waals surface area contributed by atoms with Crippen LogP contribution in [-0.2, 0) is 4.74 Å². The zero-order valence-corrected chi connectivity index (χ0v) is 15.3. The molecule has 2 heterocycles. The molecule has 2 aromatic heterocycles. The third-order valence-electron chi connectivity index (χ3n) is 3.93. The molecule has 0 saturated heterocycles. The van der Waals surface area contributed by atoms with E-state index in [2.05, 4.69) is 25.6 Å². The predicted octanol–water partition coefficient (Wildman–Crippen LogP) is 3.43. The maximum Gasteiger partial charge on any atom is 0.353 e. The molecule has 0 aliphatic heterocycles. The molecule has 0 amide bonds. The molecule has 0 aliphatic rings. The third kappa shape index (κ3) is 4.09. The molecule has 1 unspecified atom stereocenters. The van der Waals surface area contributed by atoms with Crippen LogP contribution in [0.3, 0.4) is 0 Å². The second-order valence-electron chi connectivity index (χ2n) is 6.13. The quantitative estimate of drug-likeness (QED) is 0.481. The van der Waals surface area contributed by atoms with Crippen LogP contribution in [0.25, 0.3) is 10.9 Å². The first-order valence-electron chi connectivity index (χ1n) is 8.38. The first kappa shape index (κ1) is 18.5. The second-order valence-corrected chi connectivity index (χ2v) is 6.13. The van der Waals surface area contributed by atoms with Crippen molar-refractivity contribution in [3.8, 4) is 0 Å². The number of anilines is 3. The highest BCUT2D eigenvalue weighted by Crippen LogP contribution is 2.33. The Labute approximate surface area is 156 Å². The molecule has 9 heteroatoms. The van der Waals surface area contributed by atoms with Crippen molar-refractivity contribution < 1.29 is 9.66 Å². The lowest BCUT2D eigenvalue weighted by atomic mass is 10.1. The minimum Gasteiger partial charge on any atom is -0.383 e. The Hall–Kier alpha value is -3.33. The molecular weight excluding hydrogens is 348 g/mol. The number of nitro groups is 1. The predicted molar refractivity (Wildman–Crippen MR) is 103 cm³/mol. The summed E-state index contributed by atoms with van der Waals surface area (Å²) in [7, 11) is 1.57. The van der Waals surface area contributed by atoms with Crippen molar-refractivity contribution in [1.29, 1.82) is 0 Å². The van der Waals surface area contributed by atoms with Gasteiger partial charge in [-0.3, -0.25) is 15.1 Å². The largest absolute Gasteiger partial charge is 0.383 e. The van der Waals surface area contributed by atoms with Crippen LogP contribution in [0.15, 0.2) is 36.7 Å². The molecule has 3 rings (SSSR count). The van der Waals surface area contributed by atoms with Crippen LogP contribution < -0.4 is 10.6 Å². The lowest BCUT2D eigenvalue weighted by molar-refractivity contribution is -0.383. The number of hydrogen-bond acceptors (Lipinski definition) is 8. The summed E-state index contributed by atoms with van der Waals surface area (Å²) in [4.78, 5) is 23.8. The van der Waals surface area contributed by atoms with Gasteiger partial charge in [0.15, 0.2) is 0 Å². The van der Waals surface area contributed by atoms with Gasteiger partial charge in [-0.1, -0.05) is 6.07 Å². The molecule has 3 aromatic rings. The number of methoxy groups -OCH3 is 1. The summed E-state index contributed by atoms with van der Waals surface area (Å²) in [6, 6.07) is 9.21. The average Bonchev–Trinajstić information content (AvgIpc) is 2.61. The van der Waals surface area contributed by atoms with Crippen LogP contribution in [0.5, 0.6) is 0 Å². The standard InChI is InChI=1S/C18H20N6O3/c1-11-7-8-13-14(21-11)5-4-6-15(13)23-18-16(24(25)26)17(19-10-20-18)22-12(2)9-27-3/h4-8,10,12H,9H2,1-3H3,(H2,19,20,22,23). The number of nitrogens with one attached hydrogen (secondary N) is 2. The van der Waals surface area contributed by atoms with E-state index < -0.39 is 4.92 Å². The number of aryl methyl sites for hydroxylation is 1. The average molecular weight is 368 g/mol. The molecule has 0 fully saturated rings. The molecule has 0 saturated carbocycles. The summed E-state index contributed by atoms with van der Waals surface area (Å²) < 4.78 is 5.06. The number of hydrogen-bond donors (Lipinski definition) is 2. The van der Waals surface area contributed by atoms with Gasteiger partial charge in [-0.15, -0.1) is 0 Å². The Morgan fingerprint density at radius 3 is 2.74 bits per heavy atom. The van der Waals surface area contributed by atoms with Gasteiger partial charge in [-0.2, -0.15) is 0 Å². The minimum absolute atomic E-state index is 0.107. The van der Waals surface area contributed by atoms with Crippen LogP contribution in [-0.4, -0.2) is 39.6 Å². The van der Waals surface area contributed by atoms with Crippen LogP contribution in [0.1, 0.15) is 12.6 Å². The van der Waals surface area contributed by atoms with E-state index in [-0.39, 0.29) is 23.4 Å².